The number of carbonyl (C=O) groups excluding carboxylic acids is 2. The molecule has 1 aromatic carbocycles. The molecule has 0 saturated carbocycles. The number of hydrogen-bond acceptors (Lipinski definition) is 7. The summed E-state index contributed by atoms with van der Waals surface area (Å²) in [6, 6.07) is 7.27. The van der Waals surface area contributed by atoms with Crippen molar-refractivity contribution in [2.75, 3.05) is 18.9 Å². The molecule has 0 radical (unpaired) electrons. The van der Waals surface area contributed by atoms with Crippen molar-refractivity contribution in [2.45, 2.75) is 33.3 Å². The van der Waals surface area contributed by atoms with E-state index in [-0.39, 0.29) is 23.8 Å². The minimum atomic E-state index is -0.622. The van der Waals surface area contributed by atoms with E-state index in [0.29, 0.717) is 10.2 Å². The number of rotatable bonds is 6. The highest BCUT2D eigenvalue weighted by molar-refractivity contribution is 9.10. The second-order valence-electron chi connectivity index (χ2n) is 6.62. The maximum Gasteiger partial charge on any atom is 0.352 e. The molecule has 8 heteroatoms. The first-order valence-corrected chi connectivity index (χ1v) is 9.93. The zero-order valence-corrected chi connectivity index (χ0v) is 18.0. The van der Waals surface area contributed by atoms with Crippen LogP contribution in [-0.4, -0.2) is 30.8 Å². The number of hydrogen-bond donors (Lipinski definition) is 1. The summed E-state index contributed by atoms with van der Waals surface area (Å²) < 4.78 is 16.6. The van der Waals surface area contributed by atoms with Gasteiger partial charge in [-0.1, -0.05) is 12.1 Å². The lowest BCUT2D eigenvalue weighted by Crippen LogP contribution is -2.27. The van der Waals surface area contributed by atoms with E-state index >= 15 is 0 Å². The second kappa shape index (κ2) is 8.75. The molecule has 0 amide bonds. The van der Waals surface area contributed by atoms with Gasteiger partial charge in [0.25, 0.3) is 0 Å². The Morgan fingerprint density at radius 3 is 2.56 bits per heavy atom. The van der Waals surface area contributed by atoms with Crippen molar-refractivity contribution in [1.82, 2.24) is 0 Å². The minimum Gasteiger partial charge on any atom is -0.479 e. The van der Waals surface area contributed by atoms with Gasteiger partial charge in [-0.2, -0.15) is 0 Å². The number of halogens is 1. The zero-order chi connectivity index (χ0) is 20.2. The van der Waals surface area contributed by atoms with E-state index in [1.807, 2.05) is 12.1 Å². The van der Waals surface area contributed by atoms with Gasteiger partial charge in [-0.25, -0.2) is 9.59 Å². The van der Waals surface area contributed by atoms with Gasteiger partial charge in [0, 0.05) is 5.69 Å². The van der Waals surface area contributed by atoms with Crippen LogP contribution in [0.4, 0.5) is 5.69 Å². The monoisotopic (exact) mass is 455 g/mol. The minimum absolute atomic E-state index is 0.230. The third-order valence-electron chi connectivity index (χ3n) is 3.17. The molecular weight excluding hydrogens is 434 g/mol. The van der Waals surface area contributed by atoms with Gasteiger partial charge in [0.15, 0.2) is 17.2 Å². The number of benzene rings is 1. The van der Waals surface area contributed by atoms with E-state index in [1.54, 1.807) is 39.8 Å². The number of anilines is 1. The lowest BCUT2D eigenvalue weighted by atomic mass is 10.1. The molecule has 0 bridgehead atoms. The van der Waals surface area contributed by atoms with Crippen molar-refractivity contribution < 1.29 is 23.8 Å². The fourth-order valence-corrected chi connectivity index (χ4v) is 4.17. The highest BCUT2D eigenvalue weighted by atomic mass is 79.9. The maximum absolute atomic E-state index is 12.3. The van der Waals surface area contributed by atoms with E-state index in [2.05, 4.69) is 15.9 Å². The van der Waals surface area contributed by atoms with Gasteiger partial charge in [0.2, 0.25) is 0 Å². The molecule has 0 aliphatic carbocycles. The Balaban J connectivity index is 2.36. The van der Waals surface area contributed by atoms with Crippen LogP contribution in [0.3, 0.4) is 0 Å². The average Bonchev–Trinajstić information content (AvgIpc) is 2.88. The fraction of sp³-hybridized carbons (Fsp3) is 0.368. The van der Waals surface area contributed by atoms with Crippen LogP contribution in [0.2, 0.25) is 0 Å². The third kappa shape index (κ3) is 5.71. The van der Waals surface area contributed by atoms with Crippen molar-refractivity contribution in [3.8, 4) is 16.2 Å². The molecule has 146 valence electrons. The number of nitrogens with two attached hydrogens (primary N) is 1. The van der Waals surface area contributed by atoms with E-state index < -0.39 is 17.5 Å². The summed E-state index contributed by atoms with van der Waals surface area (Å²) in [7, 11) is 0. The zero-order valence-electron chi connectivity index (χ0n) is 15.6. The highest BCUT2D eigenvalue weighted by Crippen LogP contribution is 2.46. The summed E-state index contributed by atoms with van der Waals surface area (Å²) in [6.07, 6.45) is 0. The molecule has 0 aliphatic rings. The Labute approximate surface area is 170 Å². The molecule has 1 heterocycles. The molecule has 27 heavy (non-hydrogen) atoms. The standard InChI is InChI=1S/C19H22BrNO5S/c1-5-24-18(23)17-15(25-10-13(22)26-19(2,3)4)14(20)16(27-17)11-7-6-8-12(21)9-11/h6-9H,5,10,21H2,1-4H3. The average molecular weight is 456 g/mol. The Bertz CT molecular complexity index is 841. The lowest BCUT2D eigenvalue weighted by Gasteiger charge is -2.19. The van der Waals surface area contributed by atoms with E-state index in [1.165, 1.54) is 11.3 Å². The SMILES string of the molecule is CCOC(=O)c1sc(-c2cccc(N)c2)c(Br)c1OCC(=O)OC(C)(C)C. The largest absolute Gasteiger partial charge is 0.479 e. The Kier molecular flexibility index (Phi) is 6.89. The van der Waals surface area contributed by atoms with Crippen molar-refractivity contribution in [3.05, 3.63) is 33.6 Å². The summed E-state index contributed by atoms with van der Waals surface area (Å²) in [5.74, 6) is -0.791. The first-order chi connectivity index (χ1) is 12.6. The number of thiophene rings is 1. The number of nitrogen functional groups attached to an aromatic ring is 1. The summed E-state index contributed by atoms with van der Waals surface area (Å²) in [6.45, 7) is 6.94. The van der Waals surface area contributed by atoms with Gasteiger partial charge in [-0.15, -0.1) is 11.3 Å². The molecular formula is C19H22BrNO5S. The van der Waals surface area contributed by atoms with Crippen LogP contribution in [0, 0.1) is 0 Å². The van der Waals surface area contributed by atoms with Crippen LogP contribution in [0.5, 0.6) is 5.75 Å². The van der Waals surface area contributed by atoms with Crippen molar-refractivity contribution in [3.63, 3.8) is 0 Å². The van der Waals surface area contributed by atoms with E-state index in [4.69, 9.17) is 19.9 Å². The number of esters is 2. The van der Waals surface area contributed by atoms with E-state index in [0.717, 1.165) is 10.4 Å². The molecule has 0 fully saturated rings. The van der Waals surface area contributed by atoms with Crippen LogP contribution < -0.4 is 10.5 Å². The number of ether oxygens (including phenoxy) is 3. The second-order valence-corrected chi connectivity index (χ2v) is 8.44. The predicted octanol–water partition coefficient (Wildman–Crippen LogP) is 4.66. The van der Waals surface area contributed by atoms with Gasteiger partial charge >= 0.3 is 11.9 Å². The molecule has 0 saturated heterocycles. The van der Waals surface area contributed by atoms with Gasteiger partial charge in [-0.3, -0.25) is 0 Å². The first-order valence-electron chi connectivity index (χ1n) is 8.32. The molecule has 0 aliphatic heterocycles. The molecule has 2 N–H and O–H groups in total. The highest BCUT2D eigenvalue weighted by Gasteiger charge is 2.26. The van der Waals surface area contributed by atoms with Crippen LogP contribution in [0.1, 0.15) is 37.4 Å². The van der Waals surface area contributed by atoms with Crippen LogP contribution >= 0.6 is 27.3 Å². The predicted molar refractivity (Wildman–Crippen MR) is 109 cm³/mol. The first kappa shape index (κ1) is 21.2. The van der Waals surface area contributed by atoms with Gasteiger partial charge < -0.3 is 19.9 Å². The van der Waals surface area contributed by atoms with Crippen molar-refractivity contribution in [1.29, 1.82) is 0 Å². The van der Waals surface area contributed by atoms with E-state index in [9.17, 15) is 9.59 Å². The van der Waals surface area contributed by atoms with Crippen molar-refractivity contribution in [2.24, 2.45) is 0 Å². The summed E-state index contributed by atoms with van der Waals surface area (Å²) in [5.41, 5.74) is 6.66. The third-order valence-corrected chi connectivity index (χ3v) is 5.39. The van der Waals surface area contributed by atoms with Gasteiger partial charge in [0.1, 0.15) is 5.60 Å². The Morgan fingerprint density at radius 2 is 1.96 bits per heavy atom. The summed E-state index contributed by atoms with van der Waals surface area (Å²) in [4.78, 5) is 25.4. The smallest absolute Gasteiger partial charge is 0.352 e. The molecule has 6 nitrogen and oxygen atoms in total. The summed E-state index contributed by atoms with van der Waals surface area (Å²) >= 11 is 4.69. The summed E-state index contributed by atoms with van der Waals surface area (Å²) in [5, 5.41) is 0. The molecule has 0 spiro atoms. The molecule has 2 aromatic rings. The Hall–Kier alpha value is -2.06. The molecule has 0 atom stereocenters. The molecule has 1 aromatic heterocycles. The van der Waals surface area contributed by atoms with Crippen LogP contribution in [0.15, 0.2) is 28.7 Å². The van der Waals surface area contributed by atoms with Crippen LogP contribution in [-0.2, 0) is 14.3 Å². The molecule has 2 rings (SSSR count). The maximum atomic E-state index is 12.3. The number of carbonyl (C=O) groups is 2. The van der Waals surface area contributed by atoms with Gasteiger partial charge in [-0.05, 0) is 61.3 Å². The quantitative estimate of drug-likeness (QED) is 0.503. The Morgan fingerprint density at radius 1 is 1.26 bits per heavy atom. The topological polar surface area (TPSA) is 87.9 Å². The fourth-order valence-electron chi connectivity index (χ4n) is 2.22. The van der Waals surface area contributed by atoms with Crippen molar-refractivity contribution >= 4 is 44.9 Å². The normalized spacial score (nSPS) is 11.1. The van der Waals surface area contributed by atoms with Gasteiger partial charge in [0.05, 0.1) is 16.0 Å². The van der Waals surface area contributed by atoms with Crippen LogP contribution in [0.25, 0.3) is 10.4 Å². The molecule has 0 unspecified atom stereocenters. The lowest BCUT2D eigenvalue weighted by molar-refractivity contribution is -0.157.